The smallest absolute Gasteiger partial charge is 0.225 e. The minimum atomic E-state index is -3.15. The van der Waals surface area contributed by atoms with Crippen molar-refractivity contribution in [3.63, 3.8) is 0 Å². The molecule has 0 fully saturated rings. The van der Waals surface area contributed by atoms with E-state index in [1.165, 1.54) is 6.26 Å². The van der Waals surface area contributed by atoms with E-state index in [4.69, 9.17) is 0 Å². The summed E-state index contributed by atoms with van der Waals surface area (Å²) < 4.78 is 22.5. The zero-order chi connectivity index (χ0) is 17.7. The number of hydrogen-bond acceptors (Lipinski definition) is 4. The molecule has 1 atom stereocenters. The second-order valence-electron chi connectivity index (χ2n) is 6.58. The van der Waals surface area contributed by atoms with E-state index in [1.807, 2.05) is 38.1 Å². The molecule has 0 aliphatic heterocycles. The minimum Gasteiger partial charge on any atom is -0.326 e. The summed E-state index contributed by atoms with van der Waals surface area (Å²) in [6.07, 6.45) is 2.37. The molecular formula is C17H28N2O3S. The van der Waals surface area contributed by atoms with Gasteiger partial charge in [0.05, 0.1) is 4.75 Å². The third-order valence-electron chi connectivity index (χ3n) is 4.04. The molecule has 6 heteroatoms. The van der Waals surface area contributed by atoms with Gasteiger partial charge in [0, 0.05) is 31.0 Å². The highest BCUT2D eigenvalue weighted by molar-refractivity contribution is 7.92. The Morgan fingerprint density at radius 3 is 2.43 bits per heavy atom. The average molecular weight is 340 g/mol. The molecule has 1 rings (SSSR count). The number of sulfone groups is 1. The van der Waals surface area contributed by atoms with E-state index in [-0.39, 0.29) is 18.4 Å². The molecule has 0 aromatic heterocycles. The van der Waals surface area contributed by atoms with Crippen molar-refractivity contribution in [2.75, 3.05) is 18.1 Å². The normalized spacial score (nSPS) is 13.6. The monoisotopic (exact) mass is 340 g/mol. The van der Waals surface area contributed by atoms with Crippen molar-refractivity contribution in [1.82, 2.24) is 5.32 Å². The number of carbonyl (C=O) groups is 1. The van der Waals surface area contributed by atoms with E-state index in [0.717, 1.165) is 17.7 Å². The number of benzene rings is 1. The molecule has 0 heterocycles. The lowest BCUT2D eigenvalue weighted by atomic mass is 10.1. The fourth-order valence-electron chi connectivity index (χ4n) is 2.05. The van der Waals surface area contributed by atoms with Crippen LogP contribution in [-0.2, 0) is 21.1 Å². The maximum Gasteiger partial charge on any atom is 0.225 e. The Morgan fingerprint density at radius 1 is 1.26 bits per heavy atom. The average Bonchev–Trinajstić information content (AvgIpc) is 2.44. The van der Waals surface area contributed by atoms with Gasteiger partial charge in [-0.1, -0.05) is 25.1 Å². The molecule has 23 heavy (non-hydrogen) atoms. The van der Waals surface area contributed by atoms with Crippen molar-refractivity contribution in [2.24, 2.45) is 0 Å². The van der Waals surface area contributed by atoms with Crippen LogP contribution in [0.4, 0.5) is 5.69 Å². The molecule has 0 bridgehead atoms. The summed E-state index contributed by atoms with van der Waals surface area (Å²) in [4.78, 5) is 12.1. The van der Waals surface area contributed by atoms with E-state index < -0.39 is 14.6 Å². The van der Waals surface area contributed by atoms with Gasteiger partial charge >= 0.3 is 0 Å². The van der Waals surface area contributed by atoms with Crippen molar-refractivity contribution in [3.8, 4) is 0 Å². The van der Waals surface area contributed by atoms with Crippen LogP contribution >= 0.6 is 0 Å². The lowest BCUT2D eigenvalue weighted by molar-refractivity contribution is -0.116. The number of aryl methyl sites for hydroxylation is 1. The SMILES string of the molecule is CCc1ccccc1NC(=O)C[C@H](C)NCC(C)(C)S(C)(=O)=O. The topological polar surface area (TPSA) is 75.3 Å². The van der Waals surface area contributed by atoms with Gasteiger partial charge < -0.3 is 10.6 Å². The van der Waals surface area contributed by atoms with Crippen molar-refractivity contribution in [3.05, 3.63) is 29.8 Å². The molecule has 5 nitrogen and oxygen atoms in total. The first-order chi connectivity index (χ1) is 10.6. The van der Waals surface area contributed by atoms with Crippen LogP contribution in [0.15, 0.2) is 24.3 Å². The van der Waals surface area contributed by atoms with E-state index in [2.05, 4.69) is 10.6 Å². The third kappa shape index (κ3) is 5.95. The molecule has 0 saturated heterocycles. The summed E-state index contributed by atoms with van der Waals surface area (Å²) >= 11 is 0. The molecule has 1 aromatic carbocycles. The fourth-order valence-corrected chi connectivity index (χ4v) is 2.40. The fraction of sp³-hybridized carbons (Fsp3) is 0.588. The first kappa shape index (κ1) is 19.6. The van der Waals surface area contributed by atoms with Gasteiger partial charge in [-0.15, -0.1) is 0 Å². The Kier molecular flexibility index (Phi) is 6.77. The van der Waals surface area contributed by atoms with Gasteiger partial charge in [-0.3, -0.25) is 4.79 Å². The summed E-state index contributed by atoms with van der Waals surface area (Å²) in [5.41, 5.74) is 1.93. The van der Waals surface area contributed by atoms with Crippen molar-refractivity contribution < 1.29 is 13.2 Å². The largest absolute Gasteiger partial charge is 0.326 e. The number of anilines is 1. The zero-order valence-corrected chi connectivity index (χ0v) is 15.5. The van der Waals surface area contributed by atoms with Gasteiger partial charge in [0.1, 0.15) is 0 Å². The standard InChI is InChI=1S/C17H28N2O3S/c1-6-14-9-7-8-10-15(14)19-16(20)11-13(2)18-12-17(3,4)23(5,21)22/h7-10,13,18H,6,11-12H2,1-5H3,(H,19,20)/t13-/m0/s1. The summed E-state index contributed by atoms with van der Waals surface area (Å²) in [7, 11) is -3.15. The molecule has 130 valence electrons. The Hall–Kier alpha value is -1.40. The lowest BCUT2D eigenvalue weighted by Crippen LogP contribution is -2.45. The van der Waals surface area contributed by atoms with Gasteiger partial charge in [0.15, 0.2) is 9.84 Å². The van der Waals surface area contributed by atoms with Crippen molar-refractivity contribution in [2.45, 2.75) is 51.3 Å². The van der Waals surface area contributed by atoms with E-state index in [0.29, 0.717) is 6.54 Å². The molecule has 0 radical (unpaired) electrons. The third-order valence-corrected chi connectivity index (χ3v) is 6.20. The van der Waals surface area contributed by atoms with Crippen LogP contribution in [0.25, 0.3) is 0 Å². The van der Waals surface area contributed by atoms with Crippen LogP contribution in [-0.4, -0.2) is 37.9 Å². The highest BCUT2D eigenvalue weighted by Gasteiger charge is 2.30. The summed E-state index contributed by atoms with van der Waals surface area (Å²) in [6, 6.07) is 7.62. The Morgan fingerprint density at radius 2 is 1.87 bits per heavy atom. The number of nitrogens with one attached hydrogen (secondary N) is 2. The second-order valence-corrected chi connectivity index (χ2v) is 9.23. The quantitative estimate of drug-likeness (QED) is 0.762. The number of amides is 1. The van der Waals surface area contributed by atoms with Crippen molar-refractivity contribution in [1.29, 1.82) is 0 Å². The highest BCUT2D eigenvalue weighted by atomic mass is 32.2. The molecule has 2 N–H and O–H groups in total. The van der Waals surface area contributed by atoms with E-state index in [9.17, 15) is 13.2 Å². The highest BCUT2D eigenvalue weighted by Crippen LogP contribution is 2.16. The molecule has 1 aromatic rings. The number of rotatable bonds is 8. The van der Waals surface area contributed by atoms with E-state index in [1.54, 1.807) is 13.8 Å². The molecule has 0 aliphatic carbocycles. The van der Waals surface area contributed by atoms with Gasteiger partial charge in [-0.05, 0) is 38.8 Å². The Bertz CT molecular complexity index is 639. The van der Waals surface area contributed by atoms with E-state index >= 15 is 0 Å². The molecule has 0 unspecified atom stereocenters. The van der Waals surface area contributed by atoms with Gasteiger partial charge in [-0.25, -0.2) is 8.42 Å². The van der Waals surface area contributed by atoms with Gasteiger partial charge in [0.2, 0.25) is 5.91 Å². The van der Waals surface area contributed by atoms with Crippen molar-refractivity contribution >= 4 is 21.4 Å². The number of hydrogen-bond donors (Lipinski definition) is 2. The first-order valence-corrected chi connectivity index (χ1v) is 9.76. The molecule has 0 aliphatic rings. The molecule has 0 saturated carbocycles. The number of para-hydroxylation sites is 1. The van der Waals surface area contributed by atoms with Gasteiger partial charge in [-0.2, -0.15) is 0 Å². The Balaban J connectivity index is 2.54. The van der Waals surface area contributed by atoms with Crippen LogP contribution in [0, 0.1) is 0 Å². The van der Waals surface area contributed by atoms with Gasteiger partial charge in [0.25, 0.3) is 0 Å². The summed E-state index contributed by atoms with van der Waals surface area (Å²) in [6.45, 7) is 7.59. The summed E-state index contributed by atoms with van der Waals surface area (Å²) in [5.74, 6) is -0.0805. The predicted octanol–water partition coefficient (Wildman–Crippen LogP) is 2.38. The lowest BCUT2D eigenvalue weighted by Gasteiger charge is -2.25. The number of carbonyl (C=O) groups excluding carboxylic acids is 1. The molecule has 1 amide bonds. The first-order valence-electron chi connectivity index (χ1n) is 7.87. The minimum absolute atomic E-state index is 0.0805. The van der Waals surface area contributed by atoms with Crippen LogP contribution in [0.2, 0.25) is 0 Å². The molecule has 0 spiro atoms. The maximum absolute atomic E-state index is 12.1. The molecular weight excluding hydrogens is 312 g/mol. The summed E-state index contributed by atoms with van der Waals surface area (Å²) in [5, 5.41) is 6.06. The second kappa shape index (κ2) is 7.93. The zero-order valence-electron chi connectivity index (χ0n) is 14.6. The van der Waals surface area contributed by atoms with Crippen LogP contribution in [0.5, 0.6) is 0 Å². The van der Waals surface area contributed by atoms with Crippen LogP contribution < -0.4 is 10.6 Å². The van der Waals surface area contributed by atoms with Crippen LogP contribution in [0.3, 0.4) is 0 Å². The van der Waals surface area contributed by atoms with Crippen LogP contribution in [0.1, 0.15) is 39.7 Å². The maximum atomic E-state index is 12.1. The Labute approximate surface area is 139 Å². The predicted molar refractivity (Wildman–Crippen MR) is 95.5 cm³/mol.